The molecular weight excluding hydrogens is 346 g/mol. The van der Waals surface area contributed by atoms with E-state index in [4.69, 9.17) is 4.74 Å². The van der Waals surface area contributed by atoms with Crippen LogP contribution in [0.5, 0.6) is 0 Å². The van der Waals surface area contributed by atoms with Crippen molar-refractivity contribution in [1.82, 2.24) is 4.31 Å². The van der Waals surface area contributed by atoms with Gasteiger partial charge in [0.1, 0.15) is 12.1 Å². The molecule has 0 saturated carbocycles. The maximum absolute atomic E-state index is 12.3. The number of carbonyl (C=O) groups is 1. The molecule has 20 heavy (non-hydrogen) atoms. The molecule has 0 bridgehead atoms. The van der Waals surface area contributed by atoms with Gasteiger partial charge in [-0.15, -0.1) is 0 Å². The van der Waals surface area contributed by atoms with E-state index in [9.17, 15) is 13.2 Å². The quantitative estimate of drug-likeness (QED) is 0.770. The lowest BCUT2D eigenvalue weighted by molar-refractivity contribution is -0.154. The summed E-state index contributed by atoms with van der Waals surface area (Å²) < 4.78 is 31.2. The molecule has 0 spiro atoms. The molecule has 1 aromatic rings. The van der Waals surface area contributed by atoms with Gasteiger partial charge in [-0.05, 0) is 48.8 Å². The Morgan fingerprint density at radius 2 is 1.85 bits per heavy atom. The van der Waals surface area contributed by atoms with E-state index in [1.807, 2.05) is 0 Å². The fourth-order valence-corrected chi connectivity index (χ4v) is 3.54. The topological polar surface area (TPSA) is 63.7 Å². The third-order valence-electron chi connectivity index (χ3n) is 2.30. The largest absolute Gasteiger partial charge is 0.459 e. The molecule has 1 aromatic carbocycles. The number of carbonyl (C=O) groups excluding carboxylic acids is 1. The van der Waals surface area contributed by atoms with Gasteiger partial charge in [0.05, 0.1) is 4.90 Å². The minimum Gasteiger partial charge on any atom is -0.459 e. The fourth-order valence-electron chi connectivity index (χ4n) is 1.46. The molecule has 0 atom stereocenters. The van der Waals surface area contributed by atoms with Crippen molar-refractivity contribution in [2.45, 2.75) is 31.3 Å². The molecule has 0 amide bonds. The Balaban J connectivity index is 2.89. The van der Waals surface area contributed by atoms with Crippen molar-refractivity contribution >= 4 is 31.9 Å². The van der Waals surface area contributed by atoms with Gasteiger partial charge < -0.3 is 4.74 Å². The van der Waals surface area contributed by atoms with Crippen LogP contribution >= 0.6 is 15.9 Å². The van der Waals surface area contributed by atoms with Gasteiger partial charge in [-0.2, -0.15) is 4.31 Å². The number of sulfonamides is 1. The number of rotatable bonds is 4. The first-order valence-electron chi connectivity index (χ1n) is 5.97. The molecule has 5 nitrogen and oxygen atoms in total. The Morgan fingerprint density at radius 3 is 2.35 bits per heavy atom. The van der Waals surface area contributed by atoms with Crippen LogP contribution in [0.3, 0.4) is 0 Å². The number of esters is 1. The van der Waals surface area contributed by atoms with Crippen molar-refractivity contribution in [3.8, 4) is 0 Å². The molecule has 0 aliphatic carbocycles. The van der Waals surface area contributed by atoms with Crippen molar-refractivity contribution in [2.24, 2.45) is 0 Å². The van der Waals surface area contributed by atoms with Crippen LogP contribution in [-0.4, -0.2) is 37.9 Å². The van der Waals surface area contributed by atoms with Crippen LogP contribution in [0.25, 0.3) is 0 Å². The summed E-state index contributed by atoms with van der Waals surface area (Å²) in [4.78, 5) is 11.8. The van der Waals surface area contributed by atoms with Crippen LogP contribution in [0.4, 0.5) is 0 Å². The molecular formula is C13H18BrNO4S. The highest BCUT2D eigenvalue weighted by Crippen LogP contribution is 2.24. The van der Waals surface area contributed by atoms with E-state index >= 15 is 0 Å². The zero-order valence-electron chi connectivity index (χ0n) is 11.9. The van der Waals surface area contributed by atoms with E-state index in [1.165, 1.54) is 13.1 Å². The molecule has 0 fully saturated rings. The minimum absolute atomic E-state index is 0.117. The Bertz CT molecular complexity index is 593. The zero-order valence-corrected chi connectivity index (χ0v) is 14.3. The molecule has 0 aliphatic rings. The lowest BCUT2D eigenvalue weighted by Gasteiger charge is -2.22. The van der Waals surface area contributed by atoms with Gasteiger partial charge in [0, 0.05) is 11.5 Å². The monoisotopic (exact) mass is 363 g/mol. The van der Waals surface area contributed by atoms with Crippen molar-refractivity contribution in [1.29, 1.82) is 0 Å². The summed E-state index contributed by atoms with van der Waals surface area (Å²) in [5.74, 6) is -0.587. The number of hydrogen-bond donors (Lipinski definition) is 0. The van der Waals surface area contributed by atoms with Crippen LogP contribution < -0.4 is 0 Å². The second kappa shape index (κ2) is 6.24. The third kappa shape index (κ3) is 4.57. The Kier molecular flexibility index (Phi) is 5.34. The summed E-state index contributed by atoms with van der Waals surface area (Å²) in [5, 5.41) is 0. The number of benzene rings is 1. The number of halogens is 1. The van der Waals surface area contributed by atoms with Gasteiger partial charge in [0.2, 0.25) is 10.0 Å². The molecule has 0 heterocycles. The second-order valence-corrected chi connectivity index (χ2v) is 8.15. The van der Waals surface area contributed by atoms with Gasteiger partial charge in [-0.3, -0.25) is 4.79 Å². The summed E-state index contributed by atoms with van der Waals surface area (Å²) >= 11 is 3.19. The predicted octanol–water partition coefficient (Wildman–Crippen LogP) is 2.41. The molecule has 112 valence electrons. The highest BCUT2D eigenvalue weighted by Gasteiger charge is 2.27. The van der Waals surface area contributed by atoms with Crippen LogP contribution in [-0.2, 0) is 19.6 Å². The standard InChI is InChI=1S/C13H18BrNO4S/c1-13(2,3)19-12(16)9-15(4)20(17,18)11-8-6-5-7-10(11)14/h5-8H,9H2,1-4H3. The highest BCUT2D eigenvalue weighted by molar-refractivity contribution is 9.10. The number of hydrogen-bond acceptors (Lipinski definition) is 4. The van der Waals surface area contributed by atoms with E-state index in [0.29, 0.717) is 4.47 Å². The van der Waals surface area contributed by atoms with Crippen LogP contribution in [0.15, 0.2) is 33.6 Å². The molecule has 0 aromatic heterocycles. The molecule has 0 radical (unpaired) electrons. The van der Waals surface area contributed by atoms with Crippen molar-refractivity contribution in [3.05, 3.63) is 28.7 Å². The molecule has 0 saturated heterocycles. The predicted molar refractivity (Wildman–Crippen MR) is 79.8 cm³/mol. The lowest BCUT2D eigenvalue weighted by atomic mass is 10.2. The first-order chi connectivity index (χ1) is 9.04. The van der Waals surface area contributed by atoms with Gasteiger partial charge in [-0.1, -0.05) is 12.1 Å². The summed E-state index contributed by atoms with van der Waals surface area (Å²) in [6.45, 7) is 4.86. The summed E-state index contributed by atoms with van der Waals surface area (Å²) in [7, 11) is -2.39. The average Bonchev–Trinajstić information content (AvgIpc) is 2.26. The highest BCUT2D eigenvalue weighted by atomic mass is 79.9. The lowest BCUT2D eigenvalue weighted by Crippen LogP contribution is -2.36. The first-order valence-corrected chi connectivity index (χ1v) is 8.20. The Morgan fingerprint density at radius 1 is 1.30 bits per heavy atom. The zero-order chi connectivity index (χ0) is 15.6. The van der Waals surface area contributed by atoms with E-state index in [2.05, 4.69) is 15.9 Å². The van der Waals surface area contributed by atoms with Gasteiger partial charge in [0.15, 0.2) is 0 Å². The third-order valence-corrected chi connectivity index (χ3v) is 5.11. The van der Waals surface area contributed by atoms with E-state index in [0.717, 1.165) is 4.31 Å². The summed E-state index contributed by atoms with van der Waals surface area (Å²) in [5.41, 5.74) is -0.644. The van der Waals surface area contributed by atoms with Crippen LogP contribution in [0.2, 0.25) is 0 Å². The smallest absolute Gasteiger partial charge is 0.321 e. The van der Waals surface area contributed by atoms with Gasteiger partial charge in [0.25, 0.3) is 0 Å². The van der Waals surface area contributed by atoms with Crippen LogP contribution in [0, 0.1) is 0 Å². The van der Waals surface area contributed by atoms with Crippen molar-refractivity contribution < 1.29 is 17.9 Å². The van der Waals surface area contributed by atoms with Gasteiger partial charge >= 0.3 is 5.97 Å². The van der Waals surface area contributed by atoms with Crippen molar-refractivity contribution in [3.63, 3.8) is 0 Å². The fraction of sp³-hybridized carbons (Fsp3) is 0.462. The number of ether oxygens (including phenoxy) is 1. The maximum Gasteiger partial charge on any atom is 0.321 e. The number of nitrogens with zero attached hydrogens (tertiary/aromatic N) is 1. The summed E-state index contributed by atoms with van der Waals surface area (Å²) in [6, 6.07) is 6.45. The maximum atomic E-state index is 12.3. The molecule has 0 unspecified atom stereocenters. The minimum atomic E-state index is -3.73. The molecule has 0 N–H and O–H groups in total. The summed E-state index contributed by atoms with van der Waals surface area (Å²) in [6.07, 6.45) is 0. The second-order valence-electron chi connectivity index (χ2n) is 5.28. The van der Waals surface area contributed by atoms with E-state index in [1.54, 1.807) is 39.0 Å². The molecule has 7 heteroatoms. The van der Waals surface area contributed by atoms with Gasteiger partial charge in [-0.25, -0.2) is 8.42 Å². The Labute approximate surface area is 128 Å². The van der Waals surface area contributed by atoms with E-state index in [-0.39, 0.29) is 11.4 Å². The van der Waals surface area contributed by atoms with Crippen molar-refractivity contribution in [2.75, 3.05) is 13.6 Å². The Hall–Kier alpha value is -0.920. The molecule has 0 aliphatic heterocycles. The molecule has 1 rings (SSSR count). The van der Waals surface area contributed by atoms with Crippen LogP contribution in [0.1, 0.15) is 20.8 Å². The number of likely N-dealkylation sites (N-methyl/N-ethyl adjacent to an activating group) is 1. The first kappa shape index (κ1) is 17.1. The average molecular weight is 364 g/mol. The SMILES string of the molecule is CN(CC(=O)OC(C)(C)C)S(=O)(=O)c1ccccc1Br. The normalized spacial score (nSPS) is 12.5. The van der Waals surface area contributed by atoms with E-state index < -0.39 is 21.6 Å².